The lowest BCUT2D eigenvalue weighted by Gasteiger charge is -2.04. The van der Waals surface area contributed by atoms with Crippen LogP contribution in [0.4, 0.5) is 0 Å². The van der Waals surface area contributed by atoms with Gasteiger partial charge in [-0.3, -0.25) is 0 Å². The molecule has 1 rings (SSSR count). The molecule has 0 aromatic heterocycles. The quantitative estimate of drug-likeness (QED) is 0.491. The third kappa shape index (κ3) is 1.17. The Bertz CT molecular complexity index is 74.6. The fraction of sp³-hybridized carbons (Fsp3) is 1.00. The second kappa shape index (κ2) is 2.28. The number of hydrogen-bond acceptors (Lipinski definition) is 2. The van der Waals surface area contributed by atoms with Crippen molar-refractivity contribution in [2.45, 2.75) is 37.7 Å². The van der Waals surface area contributed by atoms with Gasteiger partial charge >= 0.3 is 0 Å². The van der Waals surface area contributed by atoms with E-state index in [4.69, 9.17) is 4.74 Å². The molecule has 1 nitrogen and oxygen atoms in total. The molecule has 0 N–H and O–H groups in total. The Morgan fingerprint density at radius 1 is 1.50 bits per heavy atom. The third-order valence-electron chi connectivity index (χ3n) is 1.56. The zero-order valence-electron chi connectivity index (χ0n) is 5.29. The number of rotatable bonds is 0. The highest BCUT2D eigenvalue weighted by Crippen LogP contribution is 2.23. The highest BCUT2D eigenvalue weighted by molar-refractivity contribution is 7.81. The van der Waals surface area contributed by atoms with Crippen LogP contribution in [0.1, 0.15) is 20.3 Å². The minimum atomic E-state index is 0.355. The van der Waals surface area contributed by atoms with E-state index in [2.05, 4.69) is 26.5 Å². The molecule has 1 heterocycles. The summed E-state index contributed by atoms with van der Waals surface area (Å²) in [4.78, 5) is 0. The van der Waals surface area contributed by atoms with Gasteiger partial charge in [0.15, 0.2) is 0 Å². The number of ether oxygens (including phenoxy) is 1. The Hall–Kier alpha value is 0.310. The van der Waals surface area contributed by atoms with Crippen LogP contribution in [0.3, 0.4) is 0 Å². The van der Waals surface area contributed by atoms with Crippen LogP contribution in [0.15, 0.2) is 0 Å². The highest BCUT2D eigenvalue weighted by Gasteiger charge is 2.25. The van der Waals surface area contributed by atoms with E-state index in [-0.39, 0.29) is 0 Å². The smallest absolute Gasteiger partial charge is 0.0667 e. The van der Waals surface area contributed by atoms with Gasteiger partial charge in [0.1, 0.15) is 0 Å². The predicted octanol–water partition coefficient (Wildman–Crippen LogP) is 1.48. The molecule has 0 unspecified atom stereocenters. The maximum atomic E-state index is 5.40. The fourth-order valence-electron chi connectivity index (χ4n) is 1.04. The van der Waals surface area contributed by atoms with Gasteiger partial charge in [-0.15, -0.1) is 0 Å². The number of thiol groups is 1. The molecule has 0 radical (unpaired) electrons. The van der Waals surface area contributed by atoms with Crippen molar-refractivity contribution in [3.05, 3.63) is 0 Å². The van der Waals surface area contributed by atoms with Gasteiger partial charge in [-0.05, 0) is 20.3 Å². The summed E-state index contributed by atoms with van der Waals surface area (Å²) in [5, 5.41) is 0.463. The van der Waals surface area contributed by atoms with Gasteiger partial charge in [0.05, 0.1) is 12.2 Å². The van der Waals surface area contributed by atoms with E-state index in [1.165, 1.54) is 0 Å². The Morgan fingerprint density at radius 2 is 2.12 bits per heavy atom. The van der Waals surface area contributed by atoms with Gasteiger partial charge in [-0.2, -0.15) is 12.6 Å². The van der Waals surface area contributed by atoms with E-state index in [0.29, 0.717) is 17.5 Å². The maximum Gasteiger partial charge on any atom is 0.0667 e. The molecule has 0 bridgehead atoms. The average molecular weight is 132 g/mol. The van der Waals surface area contributed by atoms with E-state index in [1.54, 1.807) is 0 Å². The minimum absolute atomic E-state index is 0.355. The van der Waals surface area contributed by atoms with Crippen molar-refractivity contribution < 1.29 is 4.74 Å². The van der Waals surface area contributed by atoms with Crippen molar-refractivity contribution in [1.29, 1.82) is 0 Å². The van der Waals surface area contributed by atoms with Gasteiger partial charge in [0, 0.05) is 5.25 Å². The Kier molecular flexibility index (Phi) is 1.83. The lowest BCUT2D eigenvalue weighted by molar-refractivity contribution is 0.0684. The van der Waals surface area contributed by atoms with Crippen LogP contribution in [0, 0.1) is 0 Å². The van der Waals surface area contributed by atoms with Crippen molar-refractivity contribution in [1.82, 2.24) is 0 Å². The summed E-state index contributed by atoms with van der Waals surface area (Å²) in [6.45, 7) is 4.16. The molecule has 1 saturated heterocycles. The summed E-state index contributed by atoms with van der Waals surface area (Å²) >= 11 is 4.32. The second-order valence-electron chi connectivity index (χ2n) is 2.45. The van der Waals surface area contributed by atoms with Gasteiger partial charge in [0.2, 0.25) is 0 Å². The van der Waals surface area contributed by atoms with Crippen LogP contribution in [-0.2, 0) is 4.74 Å². The Balaban J connectivity index is 2.39. The van der Waals surface area contributed by atoms with Gasteiger partial charge < -0.3 is 4.74 Å². The summed E-state index contributed by atoms with van der Waals surface area (Å²) in [5.41, 5.74) is 0. The molecule has 0 saturated carbocycles. The van der Waals surface area contributed by atoms with Crippen LogP contribution < -0.4 is 0 Å². The first kappa shape index (κ1) is 6.43. The zero-order valence-corrected chi connectivity index (χ0v) is 6.19. The van der Waals surface area contributed by atoms with Gasteiger partial charge in [-0.1, -0.05) is 0 Å². The molecular weight excluding hydrogens is 120 g/mol. The highest BCUT2D eigenvalue weighted by atomic mass is 32.1. The van der Waals surface area contributed by atoms with Crippen molar-refractivity contribution >= 4 is 12.6 Å². The SMILES string of the molecule is C[C@@H]1O[C@@H](C)C[C@@H]1S. The molecule has 1 aliphatic heterocycles. The van der Waals surface area contributed by atoms with Crippen LogP contribution in [0.2, 0.25) is 0 Å². The van der Waals surface area contributed by atoms with Crippen LogP contribution in [0.25, 0.3) is 0 Å². The normalized spacial score (nSPS) is 47.6. The van der Waals surface area contributed by atoms with E-state index in [0.717, 1.165) is 6.42 Å². The lowest BCUT2D eigenvalue weighted by atomic mass is 10.2. The van der Waals surface area contributed by atoms with Crippen LogP contribution in [-0.4, -0.2) is 17.5 Å². The topological polar surface area (TPSA) is 9.23 Å². The molecule has 2 heteroatoms. The zero-order chi connectivity index (χ0) is 6.15. The summed E-state index contributed by atoms with van der Waals surface area (Å²) < 4.78 is 5.40. The molecule has 3 atom stereocenters. The molecule has 1 fully saturated rings. The molecule has 0 aliphatic carbocycles. The number of hydrogen-bond donors (Lipinski definition) is 1. The molecule has 48 valence electrons. The van der Waals surface area contributed by atoms with Crippen LogP contribution >= 0.6 is 12.6 Å². The molecule has 0 amide bonds. The second-order valence-corrected chi connectivity index (χ2v) is 3.12. The summed E-state index contributed by atoms with van der Waals surface area (Å²) in [6.07, 6.45) is 1.88. The first-order chi connectivity index (χ1) is 3.70. The van der Waals surface area contributed by atoms with E-state index < -0.39 is 0 Å². The molecule has 0 aromatic carbocycles. The van der Waals surface area contributed by atoms with Crippen LogP contribution in [0.5, 0.6) is 0 Å². The predicted molar refractivity (Wildman–Crippen MR) is 37.4 cm³/mol. The first-order valence-corrected chi connectivity index (χ1v) is 3.55. The molecule has 0 spiro atoms. The maximum absolute atomic E-state index is 5.40. The average Bonchev–Trinajstić information content (AvgIpc) is 1.85. The fourth-order valence-corrected chi connectivity index (χ4v) is 1.41. The minimum Gasteiger partial charge on any atom is -0.374 e. The molecular formula is C6H12OS. The monoisotopic (exact) mass is 132 g/mol. The standard InChI is InChI=1S/C6H12OS/c1-4-3-6(8)5(2)7-4/h4-6,8H,3H2,1-2H3/t4-,5-,6-/m0/s1. The first-order valence-electron chi connectivity index (χ1n) is 3.03. The van der Waals surface area contributed by atoms with Crippen molar-refractivity contribution in [2.24, 2.45) is 0 Å². The Morgan fingerprint density at radius 3 is 2.25 bits per heavy atom. The van der Waals surface area contributed by atoms with Crippen molar-refractivity contribution in [3.8, 4) is 0 Å². The molecule has 0 aromatic rings. The van der Waals surface area contributed by atoms with Crippen molar-refractivity contribution in [3.63, 3.8) is 0 Å². The van der Waals surface area contributed by atoms with Gasteiger partial charge in [-0.25, -0.2) is 0 Å². The molecule has 8 heavy (non-hydrogen) atoms. The molecule has 1 aliphatic rings. The lowest BCUT2D eigenvalue weighted by Crippen LogP contribution is -2.09. The largest absolute Gasteiger partial charge is 0.374 e. The van der Waals surface area contributed by atoms with E-state index in [9.17, 15) is 0 Å². The van der Waals surface area contributed by atoms with E-state index in [1.807, 2.05) is 0 Å². The summed E-state index contributed by atoms with van der Waals surface area (Å²) in [5.74, 6) is 0. The van der Waals surface area contributed by atoms with Gasteiger partial charge in [0.25, 0.3) is 0 Å². The summed E-state index contributed by atoms with van der Waals surface area (Å²) in [6, 6.07) is 0. The van der Waals surface area contributed by atoms with E-state index >= 15 is 0 Å². The Labute approximate surface area is 55.8 Å². The summed E-state index contributed by atoms with van der Waals surface area (Å²) in [7, 11) is 0. The van der Waals surface area contributed by atoms with Crippen molar-refractivity contribution in [2.75, 3.05) is 0 Å². The third-order valence-corrected chi connectivity index (χ3v) is 2.19.